The maximum absolute atomic E-state index is 13.5. The quantitative estimate of drug-likeness (QED) is 0.560. The van der Waals surface area contributed by atoms with E-state index in [0.717, 1.165) is 55.9 Å². The van der Waals surface area contributed by atoms with Crippen molar-refractivity contribution >= 4 is 11.6 Å². The number of aromatic nitrogens is 6. The Labute approximate surface area is 173 Å². The highest BCUT2D eigenvalue weighted by Crippen LogP contribution is 2.44. The van der Waals surface area contributed by atoms with Crippen LogP contribution in [0.25, 0.3) is 17.2 Å². The Bertz CT molecular complexity index is 1270. The van der Waals surface area contributed by atoms with E-state index in [0.29, 0.717) is 5.56 Å². The fourth-order valence-corrected chi connectivity index (χ4v) is 5.24. The number of pyridine rings is 1. The molecule has 30 heavy (non-hydrogen) atoms. The van der Waals surface area contributed by atoms with Crippen LogP contribution in [0.4, 0.5) is 0 Å². The second-order valence-electron chi connectivity index (χ2n) is 8.55. The molecule has 0 aromatic carbocycles. The van der Waals surface area contributed by atoms with E-state index < -0.39 is 0 Å². The first-order valence-electron chi connectivity index (χ1n) is 10.4. The molecule has 0 radical (unpaired) electrons. The highest BCUT2D eigenvalue weighted by Gasteiger charge is 2.44. The number of piperidine rings is 1. The smallest absolute Gasteiger partial charge is 0.255 e. The zero-order valence-electron chi connectivity index (χ0n) is 16.9. The molecule has 5 heterocycles. The normalized spacial score (nSPS) is 20.9. The van der Waals surface area contributed by atoms with Gasteiger partial charge in [-0.15, -0.1) is 10.2 Å². The van der Waals surface area contributed by atoms with Gasteiger partial charge in [0.15, 0.2) is 11.5 Å². The number of fused-ring (bicyclic) bond motifs is 3. The van der Waals surface area contributed by atoms with E-state index in [1.165, 1.54) is 11.3 Å². The minimum Gasteiger partial charge on any atom is -0.348 e. The molecule has 8 nitrogen and oxygen atoms in total. The summed E-state index contributed by atoms with van der Waals surface area (Å²) < 4.78 is 3.91. The van der Waals surface area contributed by atoms with Crippen LogP contribution in [0, 0.1) is 0 Å². The van der Waals surface area contributed by atoms with Crippen molar-refractivity contribution in [2.75, 3.05) is 13.1 Å². The number of hydrogen-bond donors (Lipinski definition) is 1. The third-order valence-electron chi connectivity index (χ3n) is 6.81. The van der Waals surface area contributed by atoms with Crippen LogP contribution in [0.5, 0.6) is 0 Å². The highest BCUT2D eigenvalue weighted by molar-refractivity contribution is 5.94. The summed E-state index contributed by atoms with van der Waals surface area (Å²) in [4.78, 5) is 15.5. The van der Waals surface area contributed by atoms with E-state index in [4.69, 9.17) is 0 Å². The van der Waals surface area contributed by atoms with E-state index in [2.05, 4.69) is 20.4 Å². The van der Waals surface area contributed by atoms with Gasteiger partial charge < -0.3 is 9.47 Å². The Balaban J connectivity index is 1.34. The van der Waals surface area contributed by atoms with Crippen LogP contribution in [0.15, 0.2) is 42.9 Å². The number of rotatable bonds is 2. The van der Waals surface area contributed by atoms with Gasteiger partial charge in [-0.3, -0.25) is 14.3 Å². The number of carbonyl (C=O) groups is 1. The van der Waals surface area contributed by atoms with Crippen molar-refractivity contribution in [3.8, 4) is 11.5 Å². The number of H-pyrrole nitrogens is 1. The molecular weight excluding hydrogens is 378 g/mol. The third-order valence-corrected chi connectivity index (χ3v) is 6.81. The fraction of sp³-hybridized carbons (Fsp3) is 0.364. The predicted molar refractivity (Wildman–Crippen MR) is 111 cm³/mol. The molecule has 2 aliphatic rings. The maximum Gasteiger partial charge on any atom is 0.255 e. The summed E-state index contributed by atoms with van der Waals surface area (Å²) >= 11 is 0. The Morgan fingerprint density at radius 3 is 3.00 bits per heavy atom. The van der Waals surface area contributed by atoms with Gasteiger partial charge in [0.1, 0.15) is 0 Å². The van der Waals surface area contributed by atoms with E-state index in [1.54, 1.807) is 0 Å². The molecule has 0 bridgehead atoms. The number of likely N-dealkylation sites (tertiary alicyclic amines) is 1. The van der Waals surface area contributed by atoms with Crippen molar-refractivity contribution in [3.05, 3.63) is 59.7 Å². The first-order chi connectivity index (χ1) is 14.6. The molecule has 1 aliphatic carbocycles. The van der Waals surface area contributed by atoms with Crippen LogP contribution < -0.4 is 0 Å². The molecular formula is C22H23N7O. The Morgan fingerprint density at radius 1 is 1.20 bits per heavy atom. The number of amides is 1. The second kappa shape index (κ2) is 6.29. The van der Waals surface area contributed by atoms with E-state index in [9.17, 15) is 4.79 Å². The lowest BCUT2D eigenvalue weighted by Crippen LogP contribution is -2.47. The molecule has 1 fully saturated rings. The Morgan fingerprint density at radius 2 is 2.13 bits per heavy atom. The molecule has 1 N–H and O–H groups in total. The summed E-state index contributed by atoms with van der Waals surface area (Å²) in [6, 6.07) is 7.71. The molecule has 1 saturated heterocycles. The second-order valence-corrected chi connectivity index (χ2v) is 8.55. The van der Waals surface area contributed by atoms with Gasteiger partial charge in [-0.25, -0.2) is 0 Å². The van der Waals surface area contributed by atoms with Gasteiger partial charge in [0, 0.05) is 43.6 Å². The number of carbonyl (C=O) groups excluding carboxylic acids is 1. The van der Waals surface area contributed by atoms with Crippen LogP contribution in [-0.4, -0.2) is 53.3 Å². The average Bonchev–Trinajstić information content (AvgIpc) is 3.54. The summed E-state index contributed by atoms with van der Waals surface area (Å²) in [5.41, 5.74) is 4.92. The van der Waals surface area contributed by atoms with Crippen molar-refractivity contribution in [1.29, 1.82) is 0 Å². The lowest BCUT2D eigenvalue weighted by Gasteiger charge is -2.40. The van der Waals surface area contributed by atoms with Crippen LogP contribution in [0.1, 0.15) is 40.9 Å². The largest absolute Gasteiger partial charge is 0.348 e. The molecule has 4 aromatic heterocycles. The van der Waals surface area contributed by atoms with E-state index in [-0.39, 0.29) is 11.3 Å². The zero-order valence-corrected chi connectivity index (χ0v) is 16.9. The number of aromatic amines is 1. The molecule has 6 rings (SSSR count). The summed E-state index contributed by atoms with van der Waals surface area (Å²) in [5, 5.41) is 16.1. The Hall–Kier alpha value is -3.42. The number of aryl methyl sites for hydroxylation is 2. The van der Waals surface area contributed by atoms with Crippen molar-refractivity contribution in [2.24, 2.45) is 7.05 Å². The molecule has 1 spiro atoms. The van der Waals surface area contributed by atoms with Crippen LogP contribution in [0.3, 0.4) is 0 Å². The lowest BCUT2D eigenvalue weighted by molar-refractivity contribution is 0.0632. The highest BCUT2D eigenvalue weighted by atomic mass is 16.2. The molecule has 1 amide bonds. The van der Waals surface area contributed by atoms with Gasteiger partial charge in [0.05, 0.1) is 17.5 Å². The maximum atomic E-state index is 13.5. The van der Waals surface area contributed by atoms with Crippen molar-refractivity contribution in [1.82, 2.24) is 34.3 Å². The lowest BCUT2D eigenvalue weighted by atomic mass is 9.77. The van der Waals surface area contributed by atoms with Crippen LogP contribution >= 0.6 is 0 Å². The van der Waals surface area contributed by atoms with Gasteiger partial charge in [-0.2, -0.15) is 5.10 Å². The minimum atomic E-state index is 0.0224. The minimum absolute atomic E-state index is 0.0224. The Kier molecular flexibility index (Phi) is 3.65. The van der Waals surface area contributed by atoms with Crippen LogP contribution in [0.2, 0.25) is 0 Å². The molecule has 0 saturated carbocycles. The first-order valence-corrected chi connectivity index (χ1v) is 10.4. The number of nitrogens with zero attached hydrogens (tertiary/aromatic N) is 6. The van der Waals surface area contributed by atoms with E-state index in [1.807, 2.05) is 63.8 Å². The summed E-state index contributed by atoms with van der Waals surface area (Å²) in [6.07, 6.45) is 10.0. The SMILES string of the molecule is Cn1cccc1-c1nnc2ccc(C(=O)N3CCCC4(CCc5cn[nH]c54)C3)cn12. The number of nitrogens with one attached hydrogen (secondary N) is 1. The molecule has 1 unspecified atom stereocenters. The van der Waals surface area contributed by atoms with Gasteiger partial charge in [0.2, 0.25) is 0 Å². The molecule has 1 aliphatic heterocycles. The summed E-state index contributed by atoms with van der Waals surface area (Å²) in [7, 11) is 1.98. The predicted octanol–water partition coefficient (Wildman–Crippen LogP) is 2.58. The standard InChI is InChI=1S/C22H23N7O/c1-27-10-2-4-17(27)20-26-24-18-6-5-16(13-29(18)20)21(30)28-11-3-8-22(14-28)9-7-15-12-23-25-19(15)22/h2,4-6,10,12-13H,3,7-9,11,14H2,1H3,(H,23,25). The zero-order chi connectivity index (χ0) is 20.3. The van der Waals surface area contributed by atoms with Crippen molar-refractivity contribution in [2.45, 2.75) is 31.1 Å². The fourth-order valence-electron chi connectivity index (χ4n) is 5.24. The molecule has 1 atom stereocenters. The summed E-state index contributed by atoms with van der Waals surface area (Å²) in [5.74, 6) is 0.802. The molecule has 4 aromatic rings. The molecule has 8 heteroatoms. The molecule has 152 valence electrons. The van der Waals surface area contributed by atoms with Crippen molar-refractivity contribution in [3.63, 3.8) is 0 Å². The average molecular weight is 401 g/mol. The number of hydrogen-bond acceptors (Lipinski definition) is 4. The first kappa shape index (κ1) is 17.4. The van der Waals surface area contributed by atoms with Crippen molar-refractivity contribution < 1.29 is 4.79 Å². The van der Waals surface area contributed by atoms with Gasteiger partial charge in [0.25, 0.3) is 5.91 Å². The van der Waals surface area contributed by atoms with Gasteiger partial charge in [-0.1, -0.05) is 0 Å². The topological polar surface area (TPSA) is 84.1 Å². The summed E-state index contributed by atoms with van der Waals surface area (Å²) in [6.45, 7) is 1.53. The monoisotopic (exact) mass is 401 g/mol. The van der Waals surface area contributed by atoms with Crippen LogP contribution in [-0.2, 0) is 18.9 Å². The van der Waals surface area contributed by atoms with Gasteiger partial charge in [-0.05, 0) is 55.5 Å². The third kappa shape index (κ3) is 2.46. The van der Waals surface area contributed by atoms with E-state index >= 15 is 0 Å². The van der Waals surface area contributed by atoms with Gasteiger partial charge >= 0.3 is 0 Å².